The van der Waals surface area contributed by atoms with Crippen LogP contribution >= 0.6 is 12.6 Å². The maximum atomic E-state index is 10.2. The molecule has 0 aromatic heterocycles. The van der Waals surface area contributed by atoms with Gasteiger partial charge in [-0.05, 0) is 6.42 Å². The third kappa shape index (κ3) is 31.5. The lowest BCUT2D eigenvalue weighted by molar-refractivity contribution is -0.142. The van der Waals surface area contributed by atoms with Crippen LogP contribution in [0.25, 0.3) is 0 Å². The van der Waals surface area contributed by atoms with Crippen molar-refractivity contribution in [3.63, 3.8) is 0 Å². The molecule has 0 radical (unpaired) electrons. The minimum Gasteiger partial charge on any atom is -0.480 e. The minimum absolute atomic E-state index is 0.00589. The van der Waals surface area contributed by atoms with Gasteiger partial charge in [-0.3, -0.25) is 0 Å². The molecular weight excluding hydrogens is 476 g/mol. The number of ether oxygens (including phenoxy) is 7. The van der Waals surface area contributed by atoms with Crippen molar-refractivity contribution in [1.29, 1.82) is 0 Å². The van der Waals surface area contributed by atoms with Crippen LogP contribution in [0.1, 0.15) is 64.7 Å². The number of carbonyl (C=O) groups is 1. The van der Waals surface area contributed by atoms with Crippen molar-refractivity contribution in [2.24, 2.45) is 0 Å². The van der Waals surface area contributed by atoms with Gasteiger partial charge in [0.25, 0.3) is 0 Å². The second kappa shape index (κ2) is 29.8. The summed E-state index contributed by atoms with van der Waals surface area (Å²) in [5, 5.41) is 8.40. The Hall–Kier alpha value is -0.460. The van der Waals surface area contributed by atoms with E-state index in [1.807, 2.05) is 0 Å². The molecule has 10 heteroatoms. The van der Waals surface area contributed by atoms with E-state index in [1.54, 1.807) is 0 Å². The van der Waals surface area contributed by atoms with E-state index < -0.39 is 5.97 Å². The summed E-state index contributed by atoms with van der Waals surface area (Å²) in [6.45, 7) is 7.56. The van der Waals surface area contributed by atoms with E-state index in [0.29, 0.717) is 72.7 Å². The number of rotatable bonds is 30. The fourth-order valence-electron chi connectivity index (χ4n) is 3.04. The van der Waals surface area contributed by atoms with Gasteiger partial charge in [-0.2, -0.15) is 0 Å². The van der Waals surface area contributed by atoms with Gasteiger partial charge in [0.2, 0.25) is 0 Å². The van der Waals surface area contributed by atoms with Gasteiger partial charge in [0.1, 0.15) is 12.0 Å². The van der Waals surface area contributed by atoms with E-state index in [0.717, 1.165) is 6.42 Å². The largest absolute Gasteiger partial charge is 0.480 e. The van der Waals surface area contributed by atoms with Gasteiger partial charge in [0, 0.05) is 0 Å². The normalized spacial score (nSPS) is 12.3. The fourth-order valence-corrected chi connectivity index (χ4v) is 3.33. The number of unbranched alkanes of at least 4 members (excludes halogenated alkanes) is 7. The molecule has 0 aromatic carbocycles. The van der Waals surface area contributed by atoms with Crippen LogP contribution in [-0.4, -0.2) is 102 Å². The predicted octanol–water partition coefficient (Wildman–Crippen LogP) is 3.97. The molecule has 0 amide bonds. The van der Waals surface area contributed by atoms with Gasteiger partial charge >= 0.3 is 5.97 Å². The summed E-state index contributed by atoms with van der Waals surface area (Å²) in [6, 6.07) is 0. The van der Waals surface area contributed by atoms with E-state index in [1.165, 1.54) is 51.4 Å². The Balaban J connectivity index is 3.12. The third-order valence-corrected chi connectivity index (χ3v) is 5.34. The highest BCUT2D eigenvalue weighted by Crippen LogP contribution is 2.13. The number of hydrogen-bond donors (Lipinski definition) is 2. The zero-order valence-electron chi connectivity index (χ0n) is 21.8. The summed E-state index contributed by atoms with van der Waals surface area (Å²) in [7, 11) is 0. The quantitative estimate of drug-likeness (QED) is 0.0817. The molecule has 0 bridgehead atoms. The number of aliphatic carboxylic acids is 1. The molecule has 1 unspecified atom stereocenters. The summed E-state index contributed by atoms with van der Waals surface area (Å²) in [6.07, 6.45) is 11.5. The van der Waals surface area contributed by atoms with E-state index in [9.17, 15) is 4.79 Å². The van der Waals surface area contributed by atoms with Gasteiger partial charge < -0.3 is 38.3 Å². The van der Waals surface area contributed by atoms with Crippen molar-refractivity contribution in [3.05, 3.63) is 0 Å². The Morgan fingerprint density at radius 3 is 1.40 bits per heavy atom. The lowest BCUT2D eigenvalue weighted by Crippen LogP contribution is -2.15. The topological polar surface area (TPSA) is 102 Å². The van der Waals surface area contributed by atoms with E-state index >= 15 is 0 Å². The number of carboxylic acid groups (broad SMARTS) is 1. The van der Waals surface area contributed by atoms with Crippen LogP contribution in [0.3, 0.4) is 0 Å². The average molecular weight is 527 g/mol. The molecule has 0 heterocycles. The third-order valence-electron chi connectivity index (χ3n) is 4.93. The predicted molar refractivity (Wildman–Crippen MR) is 139 cm³/mol. The van der Waals surface area contributed by atoms with Crippen molar-refractivity contribution >= 4 is 18.6 Å². The molecular formula is C25H50O9S. The van der Waals surface area contributed by atoms with Crippen LogP contribution in [0, 0.1) is 0 Å². The first-order valence-electron chi connectivity index (χ1n) is 13.1. The minimum atomic E-state index is -0.987. The van der Waals surface area contributed by atoms with E-state index in [2.05, 4.69) is 19.6 Å². The molecule has 0 fully saturated rings. The van der Waals surface area contributed by atoms with Crippen LogP contribution in [0.4, 0.5) is 0 Å². The molecule has 35 heavy (non-hydrogen) atoms. The lowest BCUT2D eigenvalue weighted by atomic mass is 10.1. The molecule has 0 aromatic rings. The van der Waals surface area contributed by atoms with Crippen LogP contribution in [0.2, 0.25) is 0 Å². The number of carboxylic acids is 1. The summed E-state index contributed by atoms with van der Waals surface area (Å²) < 4.78 is 37.5. The molecule has 9 nitrogen and oxygen atoms in total. The monoisotopic (exact) mass is 526 g/mol. The molecule has 1 atom stereocenters. The zero-order valence-corrected chi connectivity index (χ0v) is 22.7. The van der Waals surface area contributed by atoms with Gasteiger partial charge in [-0.25, -0.2) is 4.79 Å². The molecule has 0 saturated carbocycles. The van der Waals surface area contributed by atoms with Crippen molar-refractivity contribution in [1.82, 2.24) is 0 Å². The molecule has 0 spiro atoms. The molecule has 0 rings (SSSR count). The van der Waals surface area contributed by atoms with E-state index in [4.69, 9.17) is 38.3 Å². The Kier molecular flexibility index (Phi) is 29.4. The second-order valence-electron chi connectivity index (χ2n) is 8.10. The van der Waals surface area contributed by atoms with Crippen LogP contribution in [0.15, 0.2) is 0 Å². The molecule has 0 saturated heterocycles. The van der Waals surface area contributed by atoms with Crippen LogP contribution < -0.4 is 0 Å². The first-order chi connectivity index (χ1) is 17.2. The van der Waals surface area contributed by atoms with Gasteiger partial charge in [-0.1, -0.05) is 58.3 Å². The zero-order chi connectivity index (χ0) is 25.7. The highest BCUT2D eigenvalue weighted by Gasteiger charge is 2.03. The molecule has 1 N–H and O–H groups in total. The maximum Gasteiger partial charge on any atom is 0.329 e. The van der Waals surface area contributed by atoms with E-state index in [-0.39, 0.29) is 18.6 Å². The molecule has 0 aliphatic carbocycles. The van der Waals surface area contributed by atoms with Crippen molar-refractivity contribution in [2.75, 3.05) is 85.9 Å². The van der Waals surface area contributed by atoms with Crippen molar-refractivity contribution < 1.29 is 43.1 Å². The SMILES string of the molecule is CCCCCCCCCCC(S)OCCOCCOCCOCCOCCOCCOCC(=O)O. The average Bonchev–Trinajstić information content (AvgIpc) is 2.84. The molecule has 0 aliphatic heterocycles. The summed E-state index contributed by atoms with van der Waals surface area (Å²) in [5.41, 5.74) is -0.00589. The first-order valence-corrected chi connectivity index (χ1v) is 13.7. The number of thiol groups is 1. The lowest BCUT2D eigenvalue weighted by Gasteiger charge is -2.12. The Morgan fingerprint density at radius 2 is 0.971 bits per heavy atom. The maximum absolute atomic E-state index is 10.2. The Morgan fingerprint density at radius 1 is 0.600 bits per heavy atom. The fraction of sp³-hybridized carbons (Fsp3) is 0.960. The summed E-state index contributed by atoms with van der Waals surface area (Å²) in [4.78, 5) is 10.2. The number of hydrogen-bond acceptors (Lipinski definition) is 9. The molecule has 0 aliphatic rings. The Labute approximate surface area is 217 Å². The first kappa shape index (κ1) is 34.5. The second-order valence-corrected chi connectivity index (χ2v) is 8.67. The summed E-state index contributed by atoms with van der Waals surface area (Å²) in [5.74, 6) is -0.987. The van der Waals surface area contributed by atoms with Gasteiger partial charge in [0.05, 0.1) is 79.3 Å². The molecule has 210 valence electrons. The summed E-state index contributed by atoms with van der Waals surface area (Å²) >= 11 is 4.49. The van der Waals surface area contributed by atoms with Gasteiger partial charge in [0.15, 0.2) is 0 Å². The van der Waals surface area contributed by atoms with Gasteiger partial charge in [-0.15, -0.1) is 12.6 Å². The highest BCUT2D eigenvalue weighted by atomic mass is 32.1. The van der Waals surface area contributed by atoms with Crippen LogP contribution in [-0.2, 0) is 38.0 Å². The van der Waals surface area contributed by atoms with Crippen LogP contribution in [0.5, 0.6) is 0 Å². The smallest absolute Gasteiger partial charge is 0.329 e. The highest BCUT2D eigenvalue weighted by molar-refractivity contribution is 7.80. The van der Waals surface area contributed by atoms with Crippen molar-refractivity contribution in [2.45, 2.75) is 70.1 Å². The Bertz CT molecular complexity index is 430. The van der Waals surface area contributed by atoms with Crippen molar-refractivity contribution in [3.8, 4) is 0 Å². The standard InChI is InChI=1S/C25H50O9S/c1-2-3-4-5-6-7-8-9-10-25(35)34-22-21-32-18-17-30-14-13-28-11-12-29-15-16-31-19-20-33-23-24(26)27/h25,35H,2-23H2,1H3,(H,26,27).